The third-order valence-electron chi connectivity index (χ3n) is 10.8. The first-order valence-electron chi connectivity index (χ1n) is 17.7. The normalized spacial score (nSPS) is 24.6. The fraction of sp³-hybridized carbons (Fsp3) is 0.629. The molecule has 2 bridgehead atoms. The molecule has 2 amide bonds. The zero-order chi connectivity index (χ0) is 37.6. The van der Waals surface area contributed by atoms with Gasteiger partial charge in [0.2, 0.25) is 11.8 Å². The van der Waals surface area contributed by atoms with Crippen molar-refractivity contribution in [2.75, 3.05) is 27.2 Å². The molecule has 52 heavy (non-hydrogen) atoms. The van der Waals surface area contributed by atoms with E-state index < -0.39 is 66.1 Å². The van der Waals surface area contributed by atoms with Crippen molar-refractivity contribution in [2.45, 2.75) is 106 Å². The van der Waals surface area contributed by atoms with Crippen molar-refractivity contribution in [3.8, 4) is 11.5 Å². The number of halogens is 1. The largest absolute Gasteiger partial charge is 0.493 e. The van der Waals surface area contributed by atoms with Crippen LogP contribution in [-0.4, -0.2) is 114 Å². The van der Waals surface area contributed by atoms with E-state index in [1.54, 1.807) is 7.11 Å². The number of amides is 2. The molecule has 1 spiro atoms. The topological polar surface area (TPSA) is 208 Å². The number of likely N-dealkylation sites (N-methyl/N-ethyl adjacent to an activating group) is 1. The molecule has 2 unspecified atom stereocenters. The van der Waals surface area contributed by atoms with Crippen molar-refractivity contribution in [3.63, 3.8) is 0 Å². The Morgan fingerprint density at radius 2 is 1.85 bits per heavy atom. The zero-order valence-electron chi connectivity index (χ0n) is 29.4. The molecule has 1 fully saturated rings. The Kier molecular flexibility index (Phi) is 13.9. The van der Waals surface area contributed by atoms with Gasteiger partial charge in [0.15, 0.2) is 23.9 Å². The van der Waals surface area contributed by atoms with Crippen molar-refractivity contribution in [1.29, 1.82) is 0 Å². The Balaban J connectivity index is 1.34. The summed E-state index contributed by atoms with van der Waals surface area (Å²) in [6, 6.07) is 0.969. The molecule has 1 saturated heterocycles. The summed E-state index contributed by atoms with van der Waals surface area (Å²) in [4.78, 5) is 54.8. The first kappa shape index (κ1) is 40.3. The second-order valence-electron chi connectivity index (χ2n) is 13.9. The minimum Gasteiger partial charge on any atom is -0.493 e. The highest BCUT2D eigenvalue weighted by molar-refractivity contribution is 14.1. The van der Waals surface area contributed by atoms with Crippen molar-refractivity contribution in [2.24, 2.45) is 5.92 Å². The maximum atomic E-state index is 14.0. The Hall–Kier alpha value is -2.86. The highest BCUT2D eigenvalue weighted by Gasteiger charge is 2.65. The van der Waals surface area contributed by atoms with Gasteiger partial charge in [0.1, 0.15) is 17.8 Å². The van der Waals surface area contributed by atoms with Gasteiger partial charge in [-0.2, -0.15) is 0 Å². The number of likely N-dealkylation sites (tertiary alicyclic amines) is 1. The number of allylic oxidation sites excluding steroid dienone is 1. The fourth-order valence-electron chi connectivity index (χ4n) is 8.26. The van der Waals surface area contributed by atoms with Crippen LogP contribution in [0.15, 0.2) is 24.0 Å². The van der Waals surface area contributed by atoms with Gasteiger partial charge in [0, 0.05) is 59.3 Å². The molecule has 4 aliphatic rings. The number of nitrogens with one attached hydrogen (secondary N) is 4. The number of carboxylic acids is 1. The molecule has 0 aromatic heterocycles. The van der Waals surface area contributed by atoms with Gasteiger partial charge in [-0.15, -0.1) is 0 Å². The number of aliphatic carboxylic acids is 1. The standard InChI is InChI=1S/C35H49IN5O10P/c1-41-17-15-35-20-8-12-26(31(35)51-30-25(49-2)11-7-19(29(30)35)18-24(20)41)50-34(48)23(10-14-28(44)45)39-32(46)21(9-13-27(42)43)38-33(47)22(40-36)6-4-5-16-37-52-3/h7,11-12,20-24,28,31,37,40,44-45H,3-6,8-10,13-18H2,1-2H3,(H,38,47)(H,39,46)(H,42,43)/t20-,21?,22-,23?,24+,31-,35-/m0/s1. The molecule has 1 aromatic carbocycles. The SMILES string of the molecule is C=PNCCCC[C@H](NI)C(=O)NC(CCC(=O)O)C(=O)NC(CCC(O)O)C(=O)OC1=CC[C@H]2[C@H]3Cc4ccc(OC)c5c4[C@@]2(CCN3C)[C@H]1O5. The van der Waals surface area contributed by atoms with E-state index >= 15 is 0 Å². The third-order valence-corrected chi connectivity index (χ3v) is 12.0. The number of carboxylic acid groups (broad SMARTS) is 1. The van der Waals surface area contributed by atoms with Gasteiger partial charge >= 0.3 is 11.9 Å². The van der Waals surface area contributed by atoms with Crippen LogP contribution in [0, 0.1) is 5.92 Å². The first-order valence-corrected chi connectivity index (χ1v) is 19.8. The molecule has 5 rings (SSSR count). The Morgan fingerprint density at radius 1 is 1.10 bits per heavy atom. The average Bonchev–Trinajstić information content (AvgIpc) is 3.47. The quantitative estimate of drug-likeness (QED) is 0.0249. The number of carbonyl (C=O) groups excluding carboxylic acids is 3. The maximum Gasteiger partial charge on any atom is 0.333 e. The van der Waals surface area contributed by atoms with E-state index in [4.69, 9.17) is 14.2 Å². The highest BCUT2D eigenvalue weighted by atomic mass is 127. The van der Waals surface area contributed by atoms with Crippen molar-refractivity contribution in [1.82, 2.24) is 24.2 Å². The minimum atomic E-state index is -1.76. The van der Waals surface area contributed by atoms with Crippen molar-refractivity contribution >= 4 is 61.3 Å². The number of hydrogen-bond acceptors (Lipinski definition) is 12. The summed E-state index contributed by atoms with van der Waals surface area (Å²) in [6.07, 6.45) is 6.35. The molecule has 15 nitrogen and oxygen atoms in total. The lowest BCUT2D eigenvalue weighted by atomic mass is 9.53. The van der Waals surface area contributed by atoms with E-state index in [0.717, 1.165) is 46.3 Å². The predicted octanol–water partition coefficient (Wildman–Crippen LogP) is 1.69. The van der Waals surface area contributed by atoms with E-state index in [2.05, 4.69) is 43.6 Å². The van der Waals surface area contributed by atoms with Crippen LogP contribution in [0.5, 0.6) is 11.5 Å². The smallest absolute Gasteiger partial charge is 0.333 e. The van der Waals surface area contributed by atoms with Crippen LogP contribution in [0.4, 0.5) is 0 Å². The molecule has 2 aliphatic carbocycles. The monoisotopic (exact) mass is 857 g/mol. The summed E-state index contributed by atoms with van der Waals surface area (Å²) in [5.41, 5.74) is 1.84. The Bertz CT molecular complexity index is 1550. The van der Waals surface area contributed by atoms with Crippen LogP contribution >= 0.6 is 31.2 Å². The van der Waals surface area contributed by atoms with E-state index in [-0.39, 0.29) is 31.2 Å². The van der Waals surface area contributed by atoms with E-state index in [0.29, 0.717) is 36.5 Å². The molecule has 17 heteroatoms. The van der Waals surface area contributed by atoms with Gasteiger partial charge in [-0.1, -0.05) is 18.8 Å². The summed E-state index contributed by atoms with van der Waals surface area (Å²) in [7, 11) is 4.54. The number of unbranched alkanes of at least 4 members (excludes halogenated alkanes) is 1. The highest BCUT2D eigenvalue weighted by Crippen LogP contribution is 2.63. The van der Waals surface area contributed by atoms with Crippen molar-refractivity contribution < 1.29 is 48.7 Å². The van der Waals surface area contributed by atoms with Gasteiger partial charge in [-0.05, 0) is 90.5 Å². The molecule has 7 atom stereocenters. The fourth-order valence-corrected chi connectivity index (χ4v) is 9.17. The van der Waals surface area contributed by atoms with Gasteiger partial charge in [0.25, 0.3) is 0 Å². The maximum absolute atomic E-state index is 14.0. The number of ether oxygens (including phenoxy) is 3. The lowest BCUT2D eigenvalue weighted by Crippen LogP contribution is -2.63. The number of hydrogen-bond donors (Lipinski definition) is 7. The van der Waals surface area contributed by atoms with Gasteiger partial charge in [-0.25, -0.2) is 8.32 Å². The van der Waals surface area contributed by atoms with E-state index in [1.807, 2.05) is 35.0 Å². The van der Waals surface area contributed by atoms with Gasteiger partial charge in [-0.3, -0.25) is 19.5 Å². The van der Waals surface area contributed by atoms with Crippen LogP contribution in [0.3, 0.4) is 0 Å². The van der Waals surface area contributed by atoms with E-state index in [1.165, 1.54) is 5.56 Å². The summed E-state index contributed by atoms with van der Waals surface area (Å²) >= 11 is 1.87. The molecular formula is C35H49IN5O10P. The second kappa shape index (κ2) is 18.0. The van der Waals surface area contributed by atoms with Crippen LogP contribution in [0.2, 0.25) is 0 Å². The average molecular weight is 858 g/mol. The molecule has 2 aliphatic heterocycles. The van der Waals surface area contributed by atoms with Crippen LogP contribution < -0.4 is 28.7 Å². The summed E-state index contributed by atoms with van der Waals surface area (Å²) in [5, 5.41) is 37.1. The van der Waals surface area contributed by atoms with E-state index in [9.17, 15) is 34.5 Å². The molecule has 1 aromatic rings. The Labute approximate surface area is 318 Å². The molecule has 0 radical (unpaired) electrons. The minimum absolute atomic E-state index is 0.196. The molecule has 2 heterocycles. The molecule has 0 saturated carbocycles. The number of nitrogens with zero attached hydrogens (tertiary/aromatic N) is 1. The first-order chi connectivity index (χ1) is 24.9. The number of carbonyl (C=O) groups is 4. The summed E-state index contributed by atoms with van der Waals surface area (Å²) in [6.45, 7) is 1.56. The predicted molar refractivity (Wildman–Crippen MR) is 201 cm³/mol. The summed E-state index contributed by atoms with van der Waals surface area (Å²) < 4.78 is 21.3. The van der Waals surface area contributed by atoms with Crippen molar-refractivity contribution in [3.05, 3.63) is 35.1 Å². The number of aliphatic hydroxyl groups is 2. The Morgan fingerprint density at radius 3 is 2.54 bits per heavy atom. The summed E-state index contributed by atoms with van der Waals surface area (Å²) in [5.74, 6) is -1.51. The third kappa shape index (κ3) is 8.58. The number of esters is 1. The van der Waals surface area contributed by atoms with Gasteiger partial charge in [0.05, 0.1) is 13.2 Å². The number of rotatable bonds is 20. The molecule has 286 valence electrons. The second-order valence-corrected chi connectivity index (χ2v) is 15.1. The van der Waals surface area contributed by atoms with Gasteiger partial charge < -0.3 is 45.1 Å². The number of aliphatic hydroxyl groups excluding tert-OH is 1. The number of methoxy groups -OCH3 is 1. The zero-order valence-corrected chi connectivity index (χ0v) is 32.5. The number of piperidine rings is 1. The van der Waals surface area contributed by atoms with Crippen LogP contribution in [0.25, 0.3) is 0 Å². The van der Waals surface area contributed by atoms with Crippen LogP contribution in [0.1, 0.15) is 68.9 Å². The molecular weight excluding hydrogens is 808 g/mol. The number of benzene rings is 1. The molecule has 7 N–H and O–H groups in total. The lowest BCUT2D eigenvalue weighted by molar-refractivity contribution is -0.148. The lowest BCUT2D eigenvalue weighted by Gasteiger charge is -2.56. The van der Waals surface area contributed by atoms with Crippen LogP contribution in [-0.2, 0) is 35.8 Å².